The second kappa shape index (κ2) is 5.49. The molecule has 2 atom stereocenters. The first-order chi connectivity index (χ1) is 8.81. The zero-order valence-corrected chi connectivity index (χ0v) is 12.6. The normalized spacial score (nSPS) is 36.3. The largest absolute Gasteiger partial charge is 0.341 e. The molecule has 0 aromatic carbocycles. The van der Waals surface area contributed by atoms with E-state index in [1.807, 2.05) is 0 Å². The number of nitrogens with zero attached hydrogens (tertiary/aromatic N) is 2. The van der Waals surface area contributed by atoms with Crippen molar-refractivity contribution >= 4 is 21.8 Å². The van der Waals surface area contributed by atoms with Crippen LogP contribution in [-0.2, 0) is 4.79 Å². The molecule has 1 heterocycles. The lowest BCUT2D eigenvalue weighted by atomic mass is 10.1. The maximum absolute atomic E-state index is 12.5. The molecule has 0 bridgehead atoms. The smallest absolute Gasteiger partial charge is 0.226 e. The van der Waals surface area contributed by atoms with Crippen LogP contribution in [0.25, 0.3) is 0 Å². The van der Waals surface area contributed by atoms with Crippen molar-refractivity contribution in [1.29, 1.82) is 0 Å². The number of hydrogen-bond donors (Lipinski definition) is 0. The molecule has 0 N–H and O–H groups in total. The lowest BCUT2D eigenvalue weighted by Crippen LogP contribution is -2.37. The van der Waals surface area contributed by atoms with Crippen LogP contribution in [-0.4, -0.2) is 53.8 Å². The first-order valence-corrected chi connectivity index (χ1v) is 8.50. The van der Waals surface area contributed by atoms with Gasteiger partial charge in [-0.15, -0.1) is 0 Å². The Balaban J connectivity index is 1.52. The molecule has 18 heavy (non-hydrogen) atoms. The van der Waals surface area contributed by atoms with E-state index < -0.39 is 0 Å². The van der Waals surface area contributed by atoms with Crippen LogP contribution in [0.5, 0.6) is 0 Å². The van der Waals surface area contributed by atoms with Crippen LogP contribution in [0, 0.1) is 17.8 Å². The van der Waals surface area contributed by atoms with E-state index in [1.165, 1.54) is 19.3 Å². The highest BCUT2D eigenvalue weighted by molar-refractivity contribution is 9.09. The van der Waals surface area contributed by atoms with Gasteiger partial charge in [-0.1, -0.05) is 22.4 Å². The van der Waals surface area contributed by atoms with Gasteiger partial charge in [-0.2, -0.15) is 0 Å². The van der Waals surface area contributed by atoms with Crippen molar-refractivity contribution in [3.05, 3.63) is 0 Å². The molecule has 3 fully saturated rings. The van der Waals surface area contributed by atoms with Crippen molar-refractivity contribution < 1.29 is 4.79 Å². The molecule has 2 unspecified atom stereocenters. The topological polar surface area (TPSA) is 23.6 Å². The van der Waals surface area contributed by atoms with Gasteiger partial charge in [0, 0.05) is 37.4 Å². The van der Waals surface area contributed by atoms with Crippen LogP contribution < -0.4 is 0 Å². The van der Waals surface area contributed by atoms with E-state index in [1.54, 1.807) is 0 Å². The molecular formula is C14H23BrN2O. The molecular weight excluding hydrogens is 292 g/mol. The quantitative estimate of drug-likeness (QED) is 0.744. The Bertz CT molecular complexity index is 313. The van der Waals surface area contributed by atoms with E-state index in [0.29, 0.717) is 11.8 Å². The van der Waals surface area contributed by atoms with Gasteiger partial charge >= 0.3 is 0 Å². The molecule has 0 aromatic heterocycles. The highest BCUT2D eigenvalue weighted by Crippen LogP contribution is 2.58. The maximum Gasteiger partial charge on any atom is 0.226 e. The number of rotatable bonds is 3. The summed E-state index contributed by atoms with van der Waals surface area (Å²) in [5, 5.41) is 1.04. The zero-order valence-electron chi connectivity index (χ0n) is 11.0. The fourth-order valence-electron chi connectivity index (χ4n) is 3.93. The summed E-state index contributed by atoms with van der Waals surface area (Å²) in [6.07, 6.45) is 5.12. The summed E-state index contributed by atoms with van der Waals surface area (Å²) in [5.41, 5.74) is 0. The van der Waals surface area contributed by atoms with Crippen molar-refractivity contribution in [1.82, 2.24) is 9.80 Å². The van der Waals surface area contributed by atoms with Gasteiger partial charge in [-0.25, -0.2) is 0 Å². The van der Waals surface area contributed by atoms with Gasteiger partial charge in [0.25, 0.3) is 0 Å². The zero-order chi connectivity index (χ0) is 12.5. The Labute approximate surface area is 118 Å². The maximum atomic E-state index is 12.5. The first kappa shape index (κ1) is 12.9. The van der Waals surface area contributed by atoms with Gasteiger partial charge in [0.2, 0.25) is 5.91 Å². The molecule has 0 spiro atoms. The Morgan fingerprint density at radius 3 is 2.56 bits per heavy atom. The Kier molecular flexibility index (Phi) is 3.94. The number of carbonyl (C=O) groups excluding carboxylic acids is 1. The average Bonchev–Trinajstić information content (AvgIpc) is 2.96. The third-order valence-electron chi connectivity index (χ3n) is 4.99. The summed E-state index contributed by atoms with van der Waals surface area (Å²) in [4.78, 5) is 17.1. The molecule has 3 rings (SSSR count). The van der Waals surface area contributed by atoms with Crippen molar-refractivity contribution in [2.24, 2.45) is 17.8 Å². The van der Waals surface area contributed by atoms with Crippen molar-refractivity contribution in [3.8, 4) is 0 Å². The van der Waals surface area contributed by atoms with Gasteiger partial charge < -0.3 is 9.80 Å². The second-order valence-electron chi connectivity index (χ2n) is 5.99. The minimum Gasteiger partial charge on any atom is -0.341 e. The molecule has 1 aliphatic heterocycles. The van der Waals surface area contributed by atoms with Crippen LogP contribution in [0.3, 0.4) is 0 Å². The fraction of sp³-hybridized carbons (Fsp3) is 0.929. The highest BCUT2D eigenvalue weighted by Gasteiger charge is 2.57. The molecule has 102 valence electrons. The van der Waals surface area contributed by atoms with Crippen LogP contribution in [0.15, 0.2) is 0 Å². The third-order valence-corrected chi connectivity index (χ3v) is 5.35. The lowest BCUT2D eigenvalue weighted by molar-refractivity contribution is -0.133. The Morgan fingerprint density at radius 2 is 1.83 bits per heavy atom. The summed E-state index contributed by atoms with van der Waals surface area (Å²) in [6, 6.07) is 0. The van der Waals surface area contributed by atoms with Gasteiger partial charge in [0.1, 0.15) is 0 Å². The molecule has 2 aliphatic carbocycles. The minimum absolute atomic E-state index is 0.418. The molecule has 0 radical (unpaired) electrons. The van der Waals surface area contributed by atoms with Crippen molar-refractivity contribution in [3.63, 3.8) is 0 Å². The number of hydrogen-bond acceptors (Lipinski definition) is 2. The van der Waals surface area contributed by atoms with Crippen molar-refractivity contribution in [2.45, 2.75) is 25.7 Å². The van der Waals surface area contributed by atoms with Crippen LogP contribution in [0.2, 0.25) is 0 Å². The molecule has 2 saturated carbocycles. The Hall–Kier alpha value is -0.0900. The van der Waals surface area contributed by atoms with Gasteiger partial charge in [-0.3, -0.25) is 4.79 Å². The van der Waals surface area contributed by atoms with Crippen molar-refractivity contribution in [2.75, 3.05) is 38.1 Å². The van der Waals surface area contributed by atoms with E-state index in [9.17, 15) is 4.79 Å². The van der Waals surface area contributed by atoms with Gasteiger partial charge in [0.15, 0.2) is 0 Å². The van der Waals surface area contributed by atoms with E-state index in [0.717, 1.165) is 56.3 Å². The average molecular weight is 315 g/mol. The predicted molar refractivity (Wildman–Crippen MR) is 75.8 cm³/mol. The lowest BCUT2D eigenvalue weighted by Gasteiger charge is -2.22. The SMILES string of the molecule is O=C(C1C2CCCC21)N1CCCN(CCBr)CC1. The van der Waals surface area contributed by atoms with E-state index in [2.05, 4.69) is 25.7 Å². The van der Waals surface area contributed by atoms with E-state index in [4.69, 9.17) is 0 Å². The Morgan fingerprint density at radius 1 is 1.06 bits per heavy atom. The van der Waals surface area contributed by atoms with E-state index in [-0.39, 0.29) is 0 Å². The molecule has 3 aliphatic rings. The molecule has 1 amide bonds. The fourth-order valence-corrected chi connectivity index (χ4v) is 4.43. The number of fused-ring (bicyclic) bond motifs is 1. The van der Waals surface area contributed by atoms with E-state index >= 15 is 0 Å². The molecule has 1 saturated heterocycles. The summed E-state index contributed by atoms with van der Waals surface area (Å²) in [6.45, 7) is 5.23. The number of alkyl halides is 1. The first-order valence-electron chi connectivity index (χ1n) is 7.38. The minimum atomic E-state index is 0.418. The summed E-state index contributed by atoms with van der Waals surface area (Å²) < 4.78 is 0. The number of carbonyl (C=O) groups is 1. The van der Waals surface area contributed by atoms with Gasteiger partial charge in [-0.05, 0) is 37.6 Å². The summed E-state index contributed by atoms with van der Waals surface area (Å²) in [7, 11) is 0. The predicted octanol–water partition coefficient (Wildman–Crippen LogP) is 1.96. The monoisotopic (exact) mass is 314 g/mol. The van der Waals surface area contributed by atoms with Gasteiger partial charge in [0.05, 0.1) is 0 Å². The molecule has 0 aromatic rings. The number of halogens is 1. The summed E-state index contributed by atoms with van der Waals surface area (Å²) >= 11 is 3.50. The standard InChI is InChI=1S/C14H23BrN2O/c15-5-8-16-6-2-7-17(10-9-16)14(18)13-11-3-1-4-12(11)13/h11-13H,1-10H2. The summed E-state index contributed by atoms with van der Waals surface area (Å²) in [5.74, 6) is 2.42. The third kappa shape index (κ3) is 2.46. The molecule has 3 nitrogen and oxygen atoms in total. The van der Waals surface area contributed by atoms with Crippen LogP contribution >= 0.6 is 15.9 Å². The second-order valence-corrected chi connectivity index (χ2v) is 6.79. The van der Waals surface area contributed by atoms with Crippen LogP contribution in [0.1, 0.15) is 25.7 Å². The van der Waals surface area contributed by atoms with Crippen LogP contribution in [0.4, 0.5) is 0 Å². The molecule has 4 heteroatoms. The number of amides is 1. The highest BCUT2D eigenvalue weighted by atomic mass is 79.9.